The minimum atomic E-state index is -0.471. The average molecular weight is 396 g/mol. The maximum Gasteiger partial charge on any atom is 0.269 e. The molecule has 29 heavy (non-hydrogen) atoms. The molecule has 0 spiro atoms. The van der Waals surface area contributed by atoms with Crippen molar-refractivity contribution in [3.63, 3.8) is 0 Å². The summed E-state index contributed by atoms with van der Waals surface area (Å²) in [6.45, 7) is 1.43. The normalized spacial score (nSPS) is 11.0. The van der Waals surface area contributed by atoms with Crippen LogP contribution in [0, 0.1) is 21.7 Å². The van der Waals surface area contributed by atoms with Gasteiger partial charge < -0.3 is 0 Å². The summed E-state index contributed by atoms with van der Waals surface area (Å²) in [5.41, 5.74) is 2.43. The third kappa shape index (κ3) is 6.19. The van der Waals surface area contributed by atoms with Crippen molar-refractivity contribution in [2.75, 3.05) is 6.54 Å². The van der Waals surface area contributed by atoms with E-state index in [1.807, 2.05) is 23.1 Å². The van der Waals surface area contributed by atoms with Gasteiger partial charge in [0.15, 0.2) is 0 Å². The summed E-state index contributed by atoms with van der Waals surface area (Å²) in [5.74, 6) is -0.913. The van der Waals surface area contributed by atoms with Crippen molar-refractivity contribution in [1.82, 2.24) is 4.90 Å². The zero-order valence-corrected chi connectivity index (χ0v) is 15.9. The number of nitro groups is 1. The van der Waals surface area contributed by atoms with Crippen LogP contribution in [0.25, 0.3) is 0 Å². The lowest BCUT2D eigenvalue weighted by Crippen LogP contribution is -2.25. The molecule has 0 aliphatic carbocycles. The van der Waals surface area contributed by atoms with E-state index >= 15 is 0 Å². The highest BCUT2D eigenvalue weighted by Crippen LogP contribution is 2.18. The van der Waals surface area contributed by atoms with E-state index in [4.69, 9.17) is 0 Å². The highest BCUT2D eigenvalue weighted by molar-refractivity contribution is 5.33. The number of rotatable bonds is 9. The summed E-state index contributed by atoms with van der Waals surface area (Å²) in [5, 5.41) is 10.8. The number of halogens is 2. The van der Waals surface area contributed by atoms with Gasteiger partial charge in [0.25, 0.3) is 5.69 Å². The van der Waals surface area contributed by atoms with Crippen molar-refractivity contribution in [2.45, 2.75) is 25.9 Å². The molecule has 150 valence electrons. The van der Waals surface area contributed by atoms with Gasteiger partial charge in [-0.2, -0.15) is 0 Å². The lowest BCUT2D eigenvalue weighted by molar-refractivity contribution is -0.384. The summed E-state index contributed by atoms with van der Waals surface area (Å²) >= 11 is 0. The summed E-state index contributed by atoms with van der Waals surface area (Å²) in [4.78, 5) is 12.4. The monoisotopic (exact) mass is 396 g/mol. The zero-order valence-electron chi connectivity index (χ0n) is 15.9. The molecule has 3 aromatic rings. The Morgan fingerprint density at radius 2 is 1.59 bits per heavy atom. The van der Waals surface area contributed by atoms with Crippen molar-refractivity contribution in [3.05, 3.63) is 111 Å². The highest BCUT2D eigenvalue weighted by atomic mass is 19.1. The molecular formula is C23H22F2N2O2. The Morgan fingerprint density at radius 1 is 0.862 bits per heavy atom. The van der Waals surface area contributed by atoms with Gasteiger partial charge in [0.05, 0.1) is 4.92 Å². The highest BCUT2D eigenvalue weighted by Gasteiger charge is 2.13. The van der Waals surface area contributed by atoms with Gasteiger partial charge >= 0.3 is 0 Å². The van der Waals surface area contributed by atoms with Crippen molar-refractivity contribution < 1.29 is 13.7 Å². The molecule has 0 N–H and O–H groups in total. The lowest BCUT2D eigenvalue weighted by atomic mass is 10.1. The van der Waals surface area contributed by atoms with Gasteiger partial charge in [0.2, 0.25) is 0 Å². The number of non-ortho nitro benzene ring substituents is 1. The number of hydrogen-bond acceptors (Lipinski definition) is 3. The largest absolute Gasteiger partial charge is 0.295 e. The van der Waals surface area contributed by atoms with E-state index < -0.39 is 16.6 Å². The molecule has 0 unspecified atom stereocenters. The van der Waals surface area contributed by atoms with Crippen LogP contribution >= 0.6 is 0 Å². The van der Waals surface area contributed by atoms with Crippen LogP contribution in [0.3, 0.4) is 0 Å². The van der Waals surface area contributed by atoms with E-state index in [1.165, 1.54) is 23.8 Å². The van der Waals surface area contributed by atoms with E-state index in [-0.39, 0.29) is 12.2 Å². The zero-order chi connectivity index (χ0) is 20.6. The minimum absolute atomic E-state index is 0.0283. The Kier molecular flexibility index (Phi) is 7.03. The average Bonchev–Trinajstić information content (AvgIpc) is 2.72. The van der Waals surface area contributed by atoms with Gasteiger partial charge in [-0.15, -0.1) is 0 Å². The van der Waals surface area contributed by atoms with Crippen LogP contribution in [0.15, 0.2) is 72.8 Å². The Balaban J connectivity index is 1.71. The van der Waals surface area contributed by atoms with Gasteiger partial charge in [-0.25, -0.2) is 8.78 Å². The summed E-state index contributed by atoms with van der Waals surface area (Å²) in [6.07, 6.45) is 1.73. The first-order valence-electron chi connectivity index (χ1n) is 9.45. The Labute approximate surface area is 168 Å². The van der Waals surface area contributed by atoms with E-state index in [2.05, 4.69) is 12.1 Å². The molecule has 0 atom stereocenters. The summed E-state index contributed by atoms with van der Waals surface area (Å²) in [6, 6.07) is 19.9. The quantitative estimate of drug-likeness (QED) is 0.354. The first-order valence-corrected chi connectivity index (χ1v) is 9.45. The summed E-state index contributed by atoms with van der Waals surface area (Å²) < 4.78 is 27.7. The van der Waals surface area contributed by atoms with Crippen molar-refractivity contribution in [3.8, 4) is 0 Å². The molecule has 0 heterocycles. The third-order valence-electron chi connectivity index (χ3n) is 4.74. The van der Waals surface area contributed by atoms with E-state index in [0.717, 1.165) is 30.5 Å². The van der Waals surface area contributed by atoms with Crippen LogP contribution in [0.1, 0.15) is 23.1 Å². The fraction of sp³-hybridized carbons (Fsp3) is 0.217. The lowest BCUT2D eigenvalue weighted by Gasteiger charge is -2.23. The molecular weight excluding hydrogens is 374 g/mol. The topological polar surface area (TPSA) is 46.4 Å². The number of aryl methyl sites for hydroxylation is 1. The van der Waals surface area contributed by atoms with Crippen molar-refractivity contribution in [1.29, 1.82) is 0 Å². The van der Waals surface area contributed by atoms with Gasteiger partial charge in [0, 0.05) is 30.8 Å². The molecule has 0 saturated heterocycles. The molecule has 0 aliphatic heterocycles. The second kappa shape index (κ2) is 9.89. The van der Waals surface area contributed by atoms with Gasteiger partial charge in [-0.1, -0.05) is 42.5 Å². The van der Waals surface area contributed by atoms with E-state index in [0.29, 0.717) is 18.7 Å². The first-order chi connectivity index (χ1) is 14.0. The molecule has 0 fully saturated rings. The van der Waals surface area contributed by atoms with Crippen LogP contribution < -0.4 is 0 Å². The van der Waals surface area contributed by atoms with Crippen LogP contribution in [0.2, 0.25) is 0 Å². The Hall–Kier alpha value is -3.12. The second-order valence-electron chi connectivity index (χ2n) is 6.96. The van der Waals surface area contributed by atoms with Crippen LogP contribution in [-0.2, 0) is 19.5 Å². The van der Waals surface area contributed by atoms with Gasteiger partial charge in [0.1, 0.15) is 11.6 Å². The molecule has 0 aromatic heterocycles. The standard InChI is InChI=1S/C23H22F2N2O2/c24-21-10-13-23(25)20(15-21)17-26(14-4-7-18-5-2-1-3-6-18)16-19-8-11-22(12-9-19)27(28)29/h1-3,5-6,8-13,15H,4,7,14,16-17H2. The predicted octanol–water partition coefficient (Wildman–Crippen LogP) is 5.51. The molecule has 0 saturated carbocycles. The minimum Gasteiger partial charge on any atom is -0.295 e. The maximum atomic E-state index is 14.1. The van der Waals surface area contributed by atoms with E-state index in [9.17, 15) is 18.9 Å². The van der Waals surface area contributed by atoms with Crippen molar-refractivity contribution in [2.24, 2.45) is 0 Å². The molecule has 0 bridgehead atoms. The Bertz CT molecular complexity index is 947. The molecule has 3 rings (SSSR count). The van der Waals surface area contributed by atoms with Gasteiger partial charge in [-0.05, 0) is 48.7 Å². The van der Waals surface area contributed by atoms with Crippen LogP contribution in [0.4, 0.5) is 14.5 Å². The van der Waals surface area contributed by atoms with Crippen LogP contribution in [-0.4, -0.2) is 16.4 Å². The molecule has 0 amide bonds. The molecule has 4 nitrogen and oxygen atoms in total. The molecule has 3 aromatic carbocycles. The smallest absolute Gasteiger partial charge is 0.269 e. The van der Waals surface area contributed by atoms with Crippen LogP contribution in [0.5, 0.6) is 0 Å². The number of hydrogen-bond donors (Lipinski definition) is 0. The third-order valence-corrected chi connectivity index (χ3v) is 4.74. The molecule has 6 heteroatoms. The predicted molar refractivity (Wildman–Crippen MR) is 108 cm³/mol. The maximum absolute atomic E-state index is 14.1. The SMILES string of the molecule is O=[N+]([O-])c1ccc(CN(CCCc2ccccc2)Cc2cc(F)ccc2F)cc1. The number of benzene rings is 3. The van der Waals surface area contributed by atoms with Crippen molar-refractivity contribution >= 4 is 5.69 Å². The summed E-state index contributed by atoms with van der Waals surface area (Å²) in [7, 11) is 0. The number of nitro benzene ring substituents is 1. The number of nitrogens with zero attached hydrogens (tertiary/aromatic N) is 2. The van der Waals surface area contributed by atoms with E-state index in [1.54, 1.807) is 12.1 Å². The molecule has 0 radical (unpaired) electrons. The van der Waals surface area contributed by atoms with Gasteiger partial charge in [-0.3, -0.25) is 15.0 Å². The fourth-order valence-electron chi connectivity index (χ4n) is 3.25. The fourth-order valence-corrected chi connectivity index (χ4v) is 3.25. The molecule has 0 aliphatic rings. The first kappa shape index (κ1) is 20.6. The second-order valence-corrected chi connectivity index (χ2v) is 6.96. The Morgan fingerprint density at radius 3 is 2.28 bits per heavy atom.